The Morgan fingerprint density at radius 3 is 2.86 bits per heavy atom. The van der Waals surface area contributed by atoms with Crippen molar-refractivity contribution in [1.82, 2.24) is 10.2 Å². The van der Waals surface area contributed by atoms with Gasteiger partial charge in [0, 0.05) is 16.3 Å². The van der Waals surface area contributed by atoms with Crippen molar-refractivity contribution in [1.29, 1.82) is 0 Å². The fraction of sp³-hybridized carbons (Fsp3) is 0.385. The minimum Gasteiger partial charge on any atom is -0.454 e. The van der Waals surface area contributed by atoms with Crippen LogP contribution in [-0.4, -0.2) is 23.0 Å². The van der Waals surface area contributed by atoms with Gasteiger partial charge in [0.1, 0.15) is 0 Å². The predicted octanol–water partition coefficient (Wildman–Crippen LogP) is 4.14. The van der Waals surface area contributed by atoms with Crippen molar-refractivity contribution in [3.63, 3.8) is 0 Å². The van der Waals surface area contributed by atoms with Gasteiger partial charge < -0.3 is 14.8 Å². The second-order valence-electron chi connectivity index (χ2n) is 4.76. The van der Waals surface area contributed by atoms with Crippen LogP contribution in [0.2, 0.25) is 0 Å². The number of nitrogens with zero attached hydrogens (tertiary/aromatic N) is 2. The van der Waals surface area contributed by atoms with Crippen LogP contribution in [0.1, 0.15) is 19.4 Å². The van der Waals surface area contributed by atoms with Crippen molar-refractivity contribution in [2.45, 2.75) is 30.0 Å². The van der Waals surface area contributed by atoms with Gasteiger partial charge in [-0.15, -0.1) is 10.2 Å². The lowest BCUT2D eigenvalue weighted by atomic mass is 10.2. The van der Waals surface area contributed by atoms with Crippen molar-refractivity contribution < 1.29 is 9.47 Å². The third-order valence-electron chi connectivity index (χ3n) is 2.71. The molecule has 0 radical (unpaired) electrons. The number of hydrogen-bond acceptors (Lipinski definition) is 7. The van der Waals surface area contributed by atoms with E-state index in [-0.39, 0.29) is 0 Å². The molecule has 1 aromatic heterocycles. The van der Waals surface area contributed by atoms with Crippen LogP contribution in [0.5, 0.6) is 11.5 Å². The highest BCUT2D eigenvalue weighted by molar-refractivity contribution is 9.10. The third-order valence-corrected chi connectivity index (χ3v) is 5.49. The number of ether oxygens (including phenoxy) is 2. The van der Waals surface area contributed by atoms with Crippen molar-refractivity contribution in [2.75, 3.05) is 12.1 Å². The number of nitrogens with one attached hydrogen (secondary N) is 1. The summed E-state index contributed by atoms with van der Waals surface area (Å²) in [5.41, 5.74) is 1.15. The lowest BCUT2D eigenvalue weighted by molar-refractivity contribution is 0.174. The standard InChI is InChI=1S/C13H14BrN3O2S2/c1-7(2)15-12-16-17-13(21-12)20-5-8-3-10-11(4-9(8)14)19-6-18-10/h3-4,7H,5-6H2,1-2H3,(H,15,16). The summed E-state index contributed by atoms with van der Waals surface area (Å²) in [5.74, 6) is 2.39. The molecule has 0 spiro atoms. The van der Waals surface area contributed by atoms with E-state index in [1.54, 1.807) is 23.1 Å². The highest BCUT2D eigenvalue weighted by atomic mass is 79.9. The monoisotopic (exact) mass is 387 g/mol. The largest absolute Gasteiger partial charge is 0.454 e. The smallest absolute Gasteiger partial charge is 0.231 e. The van der Waals surface area contributed by atoms with Gasteiger partial charge in [-0.1, -0.05) is 39.0 Å². The van der Waals surface area contributed by atoms with E-state index in [4.69, 9.17) is 9.47 Å². The maximum absolute atomic E-state index is 5.41. The molecular weight excluding hydrogens is 374 g/mol. The topological polar surface area (TPSA) is 56.3 Å². The van der Waals surface area contributed by atoms with Gasteiger partial charge in [0.25, 0.3) is 0 Å². The van der Waals surface area contributed by atoms with Crippen LogP contribution >= 0.6 is 39.0 Å². The maximum Gasteiger partial charge on any atom is 0.231 e. The second kappa shape index (κ2) is 6.41. The molecule has 3 rings (SSSR count). The van der Waals surface area contributed by atoms with E-state index in [2.05, 4.69) is 45.3 Å². The molecule has 0 aliphatic carbocycles. The average molecular weight is 388 g/mol. The molecule has 112 valence electrons. The highest BCUT2D eigenvalue weighted by Crippen LogP contribution is 2.39. The van der Waals surface area contributed by atoms with Crippen molar-refractivity contribution in [2.24, 2.45) is 0 Å². The Labute approximate surface area is 139 Å². The van der Waals surface area contributed by atoms with E-state index in [1.165, 1.54) is 0 Å². The molecule has 0 bridgehead atoms. The Bertz CT molecular complexity index is 648. The Morgan fingerprint density at radius 1 is 1.33 bits per heavy atom. The third kappa shape index (κ3) is 3.61. The number of benzene rings is 1. The van der Waals surface area contributed by atoms with Gasteiger partial charge in [0.15, 0.2) is 15.8 Å². The van der Waals surface area contributed by atoms with Crippen LogP contribution < -0.4 is 14.8 Å². The molecule has 0 atom stereocenters. The molecule has 1 aliphatic heterocycles. The molecule has 0 amide bonds. The number of fused-ring (bicyclic) bond motifs is 1. The van der Waals surface area contributed by atoms with Gasteiger partial charge >= 0.3 is 0 Å². The minimum atomic E-state index is 0.291. The first-order valence-electron chi connectivity index (χ1n) is 6.42. The SMILES string of the molecule is CC(C)Nc1nnc(SCc2cc3c(cc2Br)OCO3)s1. The number of hydrogen-bond donors (Lipinski definition) is 1. The zero-order chi connectivity index (χ0) is 14.8. The number of halogens is 1. The fourth-order valence-corrected chi connectivity index (χ4v) is 4.32. The Kier molecular flexibility index (Phi) is 4.56. The fourth-order valence-electron chi connectivity index (χ4n) is 1.78. The molecule has 0 unspecified atom stereocenters. The van der Waals surface area contributed by atoms with Crippen LogP contribution in [0, 0.1) is 0 Å². The van der Waals surface area contributed by atoms with E-state index in [9.17, 15) is 0 Å². The maximum atomic E-state index is 5.41. The molecule has 0 fully saturated rings. The van der Waals surface area contributed by atoms with Gasteiger partial charge in [-0.3, -0.25) is 0 Å². The predicted molar refractivity (Wildman–Crippen MR) is 88.5 cm³/mol. The van der Waals surface area contributed by atoms with Gasteiger partial charge in [0.05, 0.1) is 0 Å². The summed E-state index contributed by atoms with van der Waals surface area (Å²) in [4.78, 5) is 0. The van der Waals surface area contributed by atoms with Crippen LogP contribution in [0.3, 0.4) is 0 Å². The molecule has 8 heteroatoms. The molecule has 2 heterocycles. The zero-order valence-corrected chi connectivity index (χ0v) is 14.8. The molecular formula is C13H14BrN3O2S2. The van der Waals surface area contributed by atoms with Crippen LogP contribution in [0.15, 0.2) is 20.9 Å². The normalized spacial score (nSPS) is 13.0. The van der Waals surface area contributed by atoms with E-state index < -0.39 is 0 Å². The number of anilines is 1. The van der Waals surface area contributed by atoms with Crippen LogP contribution in [-0.2, 0) is 5.75 Å². The number of thioether (sulfide) groups is 1. The Morgan fingerprint density at radius 2 is 2.10 bits per heavy atom. The lowest BCUT2D eigenvalue weighted by Gasteiger charge is -2.05. The zero-order valence-electron chi connectivity index (χ0n) is 11.6. The summed E-state index contributed by atoms with van der Waals surface area (Å²) < 4.78 is 12.7. The van der Waals surface area contributed by atoms with Crippen molar-refractivity contribution in [3.8, 4) is 11.5 Å². The van der Waals surface area contributed by atoms with Crippen LogP contribution in [0.25, 0.3) is 0 Å². The molecule has 0 saturated heterocycles. The summed E-state index contributed by atoms with van der Waals surface area (Å²) in [7, 11) is 0. The summed E-state index contributed by atoms with van der Waals surface area (Å²) in [5, 5.41) is 12.4. The number of rotatable bonds is 5. The molecule has 21 heavy (non-hydrogen) atoms. The van der Waals surface area contributed by atoms with Crippen molar-refractivity contribution >= 4 is 44.2 Å². The van der Waals surface area contributed by atoms with E-state index in [1.807, 2.05) is 12.1 Å². The van der Waals surface area contributed by atoms with Gasteiger partial charge in [-0.25, -0.2) is 0 Å². The highest BCUT2D eigenvalue weighted by Gasteiger charge is 2.16. The summed E-state index contributed by atoms with van der Waals surface area (Å²) >= 11 is 6.80. The first kappa shape index (κ1) is 14.9. The molecule has 1 aromatic carbocycles. The Balaban J connectivity index is 1.66. The van der Waals surface area contributed by atoms with Crippen molar-refractivity contribution in [3.05, 3.63) is 22.2 Å². The molecule has 2 aromatic rings. The Hall–Kier alpha value is -0.990. The van der Waals surface area contributed by atoms with Gasteiger partial charge in [-0.2, -0.15) is 0 Å². The summed E-state index contributed by atoms with van der Waals surface area (Å²) in [6, 6.07) is 4.32. The van der Waals surface area contributed by atoms with E-state index in [0.717, 1.165) is 36.8 Å². The molecule has 1 aliphatic rings. The first-order chi connectivity index (χ1) is 10.1. The summed E-state index contributed by atoms with van der Waals surface area (Å²) in [6.07, 6.45) is 0. The average Bonchev–Trinajstić information content (AvgIpc) is 3.04. The molecule has 1 N–H and O–H groups in total. The minimum absolute atomic E-state index is 0.291. The second-order valence-corrected chi connectivity index (χ2v) is 7.81. The first-order valence-corrected chi connectivity index (χ1v) is 9.02. The molecule has 5 nitrogen and oxygen atoms in total. The quantitative estimate of drug-likeness (QED) is 0.777. The summed E-state index contributed by atoms with van der Waals surface area (Å²) in [6.45, 7) is 4.45. The number of aromatic nitrogens is 2. The van der Waals surface area contributed by atoms with E-state index in [0.29, 0.717) is 12.8 Å². The van der Waals surface area contributed by atoms with Gasteiger partial charge in [0.2, 0.25) is 11.9 Å². The van der Waals surface area contributed by atoms with Crippen LogP contribution in [0.4, 0.5) is 5.13 Å². The molecule has 0 saturated carbocycles. The lowest BCUT2D eigenvalue weighted by Crippen LogP contribution is -2.08. The van der Waals surface area contributed by atoms with Gasteiger partial charge in [-0.05, 0) is 31.5 Å². The van der Waals surface area contributed by atoms with E-state index >= 15 is 0 Å².